The molecule has 3 nitrogen and oxygen atoms in total. The molecule has 2 aromatic heterocycles. The topological polar surface area (TPSA) is 29.5 Å². The summed E-state index contributed by atoms with van der Waals surface area (Å²) in [6, 6.07) is 42.1. The molecule has 9 rings (SSSR count). The highest BCUT2D eigenvalue weighted by molar-refractivity contribution is 6.10. The summed E-state index contributed by atoms with van der Waals surface area (Å²) in [7, 11) is 0. The first-order valence-corrected chi connectivity index (χ1v) is 17.8. The normalized spacial score (nSPS) is 14.2. The predicted octanol–water partition coefficient (Wildman–Crippen LogP) is 13.9. The molecule has 0 N–H and O–H groups in total. The zero-order chi connectivity index (χ0) is 34.7. The van der Waals surface area contributed by atoms with E-state index in [1.807, 2.05) is 12.1 Å². The van der Waals surface area contributed by atoms with E-state index in [2.05, 4.69) is 163 Å². The summed E-state index contributed by atoms with van der Waals surface area (Å²) >= 11 is 0. The van der Waals surface area contributed by atoms with Gasteiger partial charge in [-0.3, -0.25) is 0 Å². The third-order valence-electron chi connectivity index (χ3n) is 10.9. The number of benzene rings is 6. The van der Waals surface area contributed by atoms with E-state index in [-0.39, 0.29) is 16.2 Å². The number of rotatable bonds is 3. The summed E-state index contributed by atoms with van der Waals surface area (Å²) in [6.07, 6.45) is 0. The third-order valence-corrected chi connectivity index (χ3v) is 10.9. The molecule has 2 heterocycles. The van der Waals surface area contributed by atoms with Crippen LogP contribution in [0.15, 0.2) is 124 Å². The molecule has 1 aliphatic rings. The van der Waals surface area contributed by atoms with Gasteiger partial charge in [-0.25, -0.2) is 0 Å². The lowest BCUT2D eigenvalue weighted by Gasteiger charge is -2.28. The number of para-hydroxylation sites is 1. The van der Waals surface area contributed by atoms with Crippen molar-refractivity contribution in [3.63, 3.8) is 0 Å². The molecule has 0 unspecified atom stereocenters. The zero-order valence-electron chi connectivity index (χ0n) is 30.2. The van der Waals surface area contributed by atoms with Crippen LogP contribution < -0.4 is 4.90 Å². The average Bonchev–Trinajstić information content (AvgIpc) is 3.71. The molecule has 0 aliphatic heterocycles. The number of hydrogen-bond donors (Lipinski definition) is 0. The van der Waals surface area contributed by atoms with Crippen molar-refractivity contribution in [2.75, 3.05) is 4.90 Å². The Morgan fingerprint density at radius 1 is 0.480 bits per heavy atom. The molecule has 0 spiro atoms. The van der Waals surface area contributed by atoms with Gasteiger partial charge in [-0.1, -0.05) is 110 Å². The lowest BCUT2D eigenvalue weighted by molar-refractivity contribution is 0.569. The van der Waals surface area contributed by atoms with Gasteiger partial charge in [-0.15, -0.1) is 0 Å². The Hall–Kier alpha value is -5.28. The van der Waals surface area contributed by atoms with Gasteiger partial charge < -0.3 is 13.7 Å². The van der Waals surface area contributed by atoms with Crippen molar-refractivity contribution >= 4 is 60.9 Å². The van der Waals surface area contributed by atoms with E-state index in [0.717, 1.165) is 55.6 Å². The summed E-state index contributed by atoms with van der Waals surface area (Å²) in [4.78, 5) is 2.40. The van der Waals surface area contributed by atoms with Crippen molar-refractivity contribution < 1.29 is 8.83 Å². The molecule has 0 saturated heterocycles. The first-order valence-electron chi connectivity index (χ1n) is 17.8. The first kappa shape index (κ1) is 30.8. The lowest BCUT2D eigenvalue weighted by atomic mass is 9.79. The summed E-state index contributed by atoms with van der Waals surface area (Å²) in [5.41, 5.74) is 14.7. The second kappa shape index (κ2) is 10.4. The highest BCUT2D eigenvalue weighted by atomic mass is 16.3. The van der Waals surface area contributed by atoms with E-state index in [0.29, 0.717) is 0 Å². The minimum atomic E-state index is -0.116. The molecule has 1 aliphatic carbocycles. The van der Waals surface area contributed by atoms with Crippen molar-refractivity contribution in [2.45, 2.75) is 71.6 Å². The van der Waals surface area contributed by atoms with Crippen LogP contribution in [0.25, 0.3) is 55.0 Å². The maximum absolute atomic E-state index is 6.66. The summed E-state index contributed by atoms with van der Waals surface area (Å²) in [5, 5.41) is 4.56. The fraction of sp³-hybridized carbons (Fsp3) is 0.234. The summed E-state index contributed by atoms with van der Waals surface area (Å²) < 4.78 is 12.9. The van der Waals surface area contributed by atoms with Gasteiger partial charge in [0.15, 0.2) is 0 Å². The largest absolute Gasteiger partial charge is 0.456 e. The smallest absolute Gasteiger partial charge is 0.136 e. The van der Waals surface area contributed by atoms with Crippen LogP contribution in [0.5, 0.6) is 0 Å². The van der Waals surface area contributed by atoms with Gasteiger partial charge in [-0.2, -0.15) is 0 Å². The Bertz CT molecular complexity index is 2650. The Morgan fingerprint density at radius 3 is 1.80 bits per heavy atom. The van der Waals surface area contributed by atoms with Crippen molar-refractivity contribution in [2.24, 2.45) is 0 Å². The Morgan fingerprint density at radius 2 is 1.06 bits per heavy atom. The van der Waals surface area contributed by atoms with Crippen molar-refractivity contribution in [3.8, 4) is 11.1 Å². The van der Waals surface area contributed by atoms with Gasteiger partial charge in [0, 0.05) is 44.0 Å². The minimum absolute atomic E-state index is 0.00598. The minimum Gasteiger partial charge on any atom is -0.456 e. The van der Waals surface area contributed by atoms with Gasteiger partial charge in [0.25, 0.3) is 0 Å². The van der Waals surface area contributed by atoms with E-state index < -0.39 is 0 Å². The first-order chi connectivity index (χ1) is 23.8. The van der Waals surface area contributed by atoms with Crippen molar-refractivity contribution in [1.82, 2.24) is 0 Å². The second-order valence-electron chi connectivity index (χ2n) is 16.7. The quantitative estimate of drug-likeness (QED) is 0.190. The van der Waals surface area contributed by atoms with Gasteiger partial charge in [0.2, 0.25) is 0 Å². The number of anilines is 3. The van der Waals surface area contributed by atoms with Crippen LogP contribution in [-0.2, 0) is 16.2 Å². The highest BCUT2D eigenvalue weighted by Gasteiger charge is 2.36. The van der Waals surface area contributed by atoms with Crippen LogP contribution in [0.4, 0.5) is 17.1 Å². The Labute approximate surface area is 294 Å². The van der Waals surface area contributed by atoms with E-state index in [9.17, 15) is 0 Å². The molecule has 0 atom stereocenters. The number of furan rings is 2. The molecule has 50 heavy (non-hydrogen) atoms. The molecule has 8 aromatic rings. The van der Waals surface area contributed by atoms with Gasteiger partial charge in [0.05, 0.1) is 0 Å². The highest BCUT2D eigenvalue weighted by Crippen LogP contribution is 2.51. The lowest BCUT2D eigenvalue weighted by Crippen LogP contribution is -2.16. The van der Waals surface area contributed by atoms with Crippen LogP contribution in [0.1, 0.15) is 77.6 Å². The zero-order valence-corrected chi connectivity index (χ0v) is 30.2. The van der Waals surface area contributed by atoms with Crippen LogP contribution in [0.2, 0.25) is 0 Å². The summed E-state index contributed by atoms with van der Waals surface area (Å²) in [5.74, 6) is 0. The van der Waals surface area contributed by atoms with Crippen LogP contribution in [0, 0.1) is 0 Å². The third kappa shape index (κ3) is 4.56. The van der Waals surface area contributed by atoms with Crippen molar-refractivity contribution in [1.29, 1.82) is 0 Å². The van der Waals surface area contributed by atoms with Crippen molar-refractivity contribution in [3.05, 3.63) is 138 Å². The standard InChI is InChI=1S/C47H43NO2/c1-45(2,3)28-23-39(46(4,5)6)44-36-26-30(19-22-42(36)50-43(44)24-28)48(29-18-21-41-35(25-29)34-14-10-12-16-40(34)49-41)31-17-20-33-32-13-9-11-15-37(32)47(7,8)38(33)27-31/h9-27H,1-8H3. The molecule has 0 fully saturated rings. The average molecular weight is 654 g/mol. The SMILES string of the molecule is CC(C)(C)c1cc(C(C)(C)C)c2c(c1)oc1ccc(N(c3ccc4c(c3)C(C)(C)c3ccccc3-4)c3ccc4oc5ccccc5c4c3)cc12. The molecule has 3 heteroatoms. The van der Waals surface area contributed by atoms with E-state index >= 15 is 0 Å². The molecule has 248 valence electrons. The van der Waals surface area contributed by atoms with E-state index in [1.54, 1.807) is 0 Å². The maximum atomic E-state index is 6.66. The molecule has 0 saturated carbocycles. The van der Waals surface area contributed by atoms with E-state index in [1.165, 1.54) is 38.8 Å². The fourth-order valence-electron chi connectivity index (χ4n) is 8.19. The predicted molar refractivity (Wildman–Crippen MR) is 211 cm³/mol. The molecular weight excluding hydrogens is 611 g/mol. The second-order valence-corrected chi connectivity index (χ2v) is 16.7. The Kier molecular flexibility index (Phi) is 6.38. The Balaban J connectivity index is 1.30. The van der Waals surface area contributed by atoms with Gasteiger partial charge in [0.1, 0.15) is 22.3 Å². The fourth-order valence-corrected chi connectivity index (χ4v) is 8.19. The molecular formula is C47H43NO2. The molecule has 0 bridgehead atoms. The number of hydrogen-bond acceptors (Lipinski definition) is 3. The van der Waals surface area contributed by atoms with Gasteiger partial charge >= 0.3 is 0 Å². The van der Waals surface area contributed by atoms with Crippen LogP contribution in [0.3, 0.4) is 0 Å². The van der Waals surface area contributed by atoms with Crippen LogP contribution in [-0.4, -0.2) is 0 Å². The van der Waals surface area contributed by atoms with Gasteiger partial charge in [-0.05, 0) is 105 Å². The molecule has 0 amide bonds. The molecule has 6 aromatic carbocycles. The number of fused-ring (bicyclic) bond motifs is 9. The number of nitrogens with zero attached hydrogens (tertiary/aromatic N) is 1. The molecule has 0 radical (unpaired) electrons. The summed E-state index contributed by atoms with van der Waals surface area (Å²) in [6.45, 7) is 18.4. The monoisotopic (exact) mass is 653 g/mol. The van der Waals surface area contributed by atoms with Crippen LogP contribution >= 0.6 is 0 Å². The maximum Gasteiger partial charge on any atom is 0.136 e. The van der Waals surface area contributed by atoms with E-state index in [4.69, 9.17) is 8.83 Å².